The van der Waals surface area contributed by atoms with E-state index in [0.717, 1.165) is 42.9 Å². The molecule has 29 heavy (non-hydrogen) atoms. The van der Waals surface area contributed by atoms with Gasteiger partial charge in [-0.25, -0.2) is 13.4 Å². The van der Waals surface area contributed by atoms with Crippen LogP contribution in [-0.4, -0.2) is 37.0 Å². The first-order valence-electron chi connectivity index (χ1n) is 9.25. The van der Waals surface area contributed by atoms with Crippen molar-refractivity contribution in [3.63, 3.8) is 0 Å². The van der Waals surface area contributed by atoms with Crippen LogP contribution in [0.1, 0.15) is 26.5 Å². The van der Waals surface area contributed by atoms with Gasteiger partial charge in [0.15, 0.2) is 15.0 Å². The normalized spacial score (nSPS) is 14.4. The summed E-state index contributed by atoms with van der Waals surface area (Å²) >= 11 is 1.48. The van der Waals surface area contributed by atoms with Gasteiger partial charge in [0.1, 0.15) is 0 Å². The first-order valence-corrected chi connectivity index (χ1v) is 12.0. The van der Waals surface area contributed by atoms with E-state index in [1.54, 1.807) is 12.1 Å². The van der Waals surface area contributed by atoms with Crippen LogP contribution in [0.3, 0.4) is 0 Å². The van der Waals surface area contributed by atoms with Crippen molar-refractivity contribution < 1.29 is 13.2 Å². The maximum Gasteiger partial charge on any atom is 0.257 e. The van der Waals surface area contributed by atoms with E-state index in [1.165, 1.54) is 29.0 Å². The molecule has 0 bridgehead atoms. The number of nitrogens with zero attached hydrogens (tertiary/aromatic N) is 2. The molecule has 0 radical (unpaired) electrons. The lowest BCUT2D eigenvalue weighted by atomic mass is 10.1. The van der Waals surface area contributed by atoms with Gasteiger partial charge in [-0.15, -0.1) is 11.3 Å². The lowest BCUT2D eigenvalue weighted by Crippen LogP contribution is -2.29. The van der Waals surface area contributed by atoms with Gasteiger partial charge in [0.2, 0.25) is 0 Å². The molecule has 2 aromatic carbocycles. The average molecular weight is 428 g/mol. The van der Waals surface area contributed by atoms with Gasteiger partial charge < -0.3 is 0 Å². The maximum absolute atomic E-state index is 12.6. The quantitative estimate of drug-likeness (QED) is 0.675. The Kier molecular flexibility index (Phi) is 5.49. The summed E-state index contributed by atoms with van der Waals surface area (Å²) in [6.07, 6.45) is 1.97. The first kappa shape index (κ1) is 19.8. The van der Waals surface area contributed by atoms with Gasteiger partial charge in [0, 0.05) is 42.8 Å². The van der Waals surface area contributed by atoms with Gasteiger partial charge in [-0.05, 0) is 23.8 Å². The molecule has 0 atom stereocenters. The van der Waals surface area contributed by atoms with Gasteiger partial charge in [-0.2, -0.15) is 0 Å². The third-order valence-electron chi connectivity index (χ3n) is 4.80. The van der Waals surface area contributed by atoms with E-state index in [2.05, 4.69) is 27.3 Å². The van der Waals surface area contributed by atoms with Crippen molar-refractivity contribution in [2.75, 3.05) is 18.1 Å². The van der Waals surface area contributed by atoms with E-state index in [0.29, 0.717) is 10.7 Å². The van der Waals surface area contributed by atoms with Gasteiger partial charge in [0.05, 0.1) is 10.6 Å². The minimum absolute atomic E-state index is 0.125. The second-order valence-electron chi connectivity index (χ2n) is 7.09. The minimum Gasteiger partial charge on any atom is -0.298 e. The fourth-order valence-corrected chi connectivity index (χ4v) is 5.03. The number of aromatic nitrogens is 1. The first-order chi connectivity index (χ1) is 13.9. The molecule has 0 fully saturated rings. The molecule has 2 heterocycles. The molecule has 0 unspecified atom stereocenters. The molecule has 0 saturated carbocycles. The Morgan fingerprint density at radius 3 is 2.72 bits per heavy atom. The SMILES string of the molecule is CS(=O)(=O)c1cccc(C(=O)Nc2nc3c(s2)CN(Cc2ccccc2)CC3)c1. The Bertz CT molecular complexity index is 1140. The number of benzene rings is 2. The second kappa shape index (κ2) is 8.06. The van der Waals surface area contributed by atoms with Gasteiger partial charge in [0.25, 0.3) is 5.91 Å². The Morgan fingerprint density at radius 2 is 1.97 bits per heavy atom. The van der Waals surface area contributed by atoms with Crippen molar-refractivity contribution in [3.8, 4) is 0 Å². The molecule has 1 amide bonds. The molecule has 1 N–H and O–H groups in total. The molecule has 8 heteroatoms. The van der Waals surface area contributed by atoms with Crippen molar-refractivity contribution in [1.82, 2.24) is 9.88 Å². The van der Waals surface area contributed by atoms with Crippen molar-refractivity contribution in [3.05, 3.63) is 76.3 Å². The summed E-state index contributed by atoms with van der Waals surface area (Å²) in [5.41, 5.74) is 2.60. The summed E-state index contributed by atoms with van der Waals surface area (Å²) in [5, 5.41) is 3.36. The highest BCUT2D eigenvalue weighted by atomic mass is 32.2. The van der Waals surface area contributed by atoms with Gasteiger partial charge in [-0.3, -0.25) is 15.0 Å². The zero-order valence-electron chi connectivity index (χ0n) is 16.0. The Labute approximate surface area is 174 Å². The molecule has 0 aliphatic carbocycles. The minimum atomic E-state index is -3.36. The Hall–Kier alpha value is -2.55. The number of carbonyl (C=O) groups excluding carboxylic acids is 1. The van der Waals surface area contributed by atoms with Crippen LogP contribution in [0.4, 0.5) is 5.13 Å². The van der Waals surface area contributed by atoms with Gasteiger partial charge >= 0.3 is 0 Å². The standard InChI is InChI=1S/C21H21N3O3S2/c1-29(26,27)17-9-5-8-16(12-17)20(25)23-21-22-18-10-11-24(14-19(18)28-21)13-15-6-3-2-4-7-15/h2-9,12H,10-11,13-14H2,1H3,(H,22,23,25). The lowest BCUT2D eigenvalue weighted by molar-refractivity contribution is 0.102. The van der Waals surface area contributed by atoms with Crippen molar-refractivity contribution >= 4 is 32.2 Å². The van der Waals surface area contributed by atoms with E-state index < -0.39 is 9.84 Å². The number of rotatable bonds is 5. The third kappa shape index (κ3) is 4.72. The predicted octanol–water partition coefficient (Wildman–Crippen LogP) is 3.36. The van der Waals surface area contributed by atoms with Gasteiger partial charge in [-0.1, -0.05) is 36.4 Å². The fraction of sp³-hybridized carbons (Fsp3) is 0.238. The van der Waals surface area contributed by atoms with Crippen LogP contribution in [0.5, 0.6) is 0 Å². The molecule has 1 aromatic heterocycles. The number of carbonyl (C=O) groups is 1. The average Bonchev–Trinajstić information content (AvgIpc) is 3.09. The molecular formula is C21H21N3O3S2. The van der Waals surface area contributed by atoms with Crippen LogP contribution in [0.25, 0.3) is 0 Å². The molecule has 150 valence electrons. The van der Waals surface area contributed by atoms with Crippen LogP contribution in [0, 0.1) is 0 Å². The Balaban J connectivity index is 1.45. The monoisotopic (exact) mass is 427 g/mol. The number of fused-ring (bicyclic) bond motifs is 1. The fourth-order valence-electron chi connectivity index (χ4n) is 3.32. The maximum atomic E-state index is 12.6. The number of hydrogen-bond acceptors (Lipinski definition) is 6. The van der Waals surface area contributed by atoms with E-state index in [1.807, 2.05) is 18.2 Å². The second-order valence-corrected chi connectivity index (χ2v) is 10.2. The van der Waals surface area contributed by atoms with Crippen LogP contribution in [0.15, 0.2) is 59.5 Å². The summed E-state index contributed by atoms with van der Waals surface area (Å²) in [7, 11) is -3.36. The van der Waals surface area contributed by atoms with E-state index >= 15 is 0 Å². The topological polar surface area (TPSA) is 79.4 Å². The number of thiazole rings is 1. The number of sulfone groups is 1. The summed E-state index contributed by atoms with van der Waals surface area (Å²) in [4.78, 5) is 20.8. The zero-order valence-corrected chi connectivity index (χ0v) is 17.6. The smallest absolute Gasteiger partial charge is 0.257 e. The number of nitrogens with one attached hydrogen (secondary N) is 1. The largest absolute Gasteiger partial charge is 0.298 e. The molecule has 4 rings (SSSR count). The highest BCUT2D eigenvalue weighted by Crippen LogP contribution is 2.29. The summed E-state index contributed by atoms with van der Waals surface area (Å²) in [6.45, 7) is 2.62. The number of amides is 1. The summed E-state index contributed by atoms with van der Waals surface area (Å²) in [5.74, 6) is -0.359. The van der Waals surface area contributed by atoms with Crippen LogP contribution < -0.4 is 5.32 Å². The number of anilines is 1. The van der Waals surface area contributed by atoms with E-state index in [-0.39, 0.29) is 10.8 Å². The predicted molar refractivity (Wildman–Crippen MR) is 114 cm³/mol. The van der Waals surface area contributed by atoms with Crippen molar-refractivity contribution in [1.29, 1.82) is 0 Å². The van der Waals surface area contributed by atoms with Crippen LogP contribution >= 0.6 is 11.3 Å². The molecular weight excluding hydrogens is 406 g/mol. The van der Waals surface area contributed by atoms with Crippen LogP contribution in [-0.2, 0) is 29.3 Å². The number of hydrogen-bond donors (Lipinski definition) is 1. The molecule has 3 aromatic rings. The molecule has 6 nitrogen and oxygen atoms in total. The molecule has 1 aliphatic heterocycles. The highest BCUT2D eigenvalue weighted by molar-refractivity contribution is 7.90. The Morgan fingerprint density at radius 1 is 1.17 bits per heavy atom. The molecule has 0 spiro atoms. The zero-order chi connectivity index (χ0) is 20.4. The molecule has 1 aliphatic rings. The van der Waals surface area contributed by atoms with Crippen molar-refractivity contribution in [2.45, 2.75) is 24.4 Å². The van der Waals surface area contributed by atoms with E-state index in [9.17, 15) is 13.2 Å². The summed E-state index contributed by atoms with van der Waals surface area (Å²) in [6, 6.07) is 16.4. The van der Waals surface area contributed by atoms with E-state index in [4.69, 9.17) is 0 Å². The van der Waals surface area contributed by atoms with Crippen LogP contribution in [0.2, 0.25) is 0 Å². The van der Waals surface area contributed by atoms with Crippen molar-refractivity contribution in [2.24, 2.45) is 0 Å². The summed E-state index contributed by atoms with van der Waals surface area (Å²) < 4.78 is 23.4. The lowest BCUT2D eigenvalue weighted by Gasteiger charge is -2.25. The third-order valence-corrected chi connectivity index (χ3v) is 6.91. The highest BCUT2D eigenvalue weighted by Gasteiger charge is 2.22. The molecule has 0 saturated heterocycles.